The Balaban J connectivity index is 2.15. The number of anilines is 1. The summed E-state index contributed by atoms with van der Waals surface area (Å²) in [6.45, 7) is 1.98. The third kappa shape index (κ3) is 1.25. The molecule has 15 heavy (non-hydrogen) atoms. The van der Waals surface area contributed by atoms with Crippen molar-refractivity contribution in [3.8, 4) is 0 Å². The van der Waals surface area contributed by atoms with E-state index in [0.29, 0.717) is 11.9 Å². The van der Waals surface area contributed by atoms with E-state index in [1.54, 1.807) is 6.20 Å². The maximum atomic E-state index is 5.75. The molecule has 0 saturated carbocycles. The summed E-state index contributed by atoms with van der Waals surface area (Å²) >= 11 is 0. The van der Waals surface area contributed by atoms with E-state index in [2.05, 4.69) is 20.4 Å². The number of hydrogen-bond acceptors (Lipinski definition) is 5. The molecule has 0 radical (unpaired) electrons. The first-order valence-electron chi connectivity index (χ1n) is 5.00. The van der Waals surface area contributed by atoms with Gasteiger partial charge >= 0.3 is 0 Å². The quantitative estimate of drug-likeness (QED) is 0.680. The fourth-order valence-electron chi connectivity index (χ4n) is 2.00. The lowest BCUT2D eigenvalue weighted by atomic mass is 10.2. The van der Waals surface area contributed by atoms with Crippen LogP contribution in [-0.2, 0) is 0 Å². The van der Waals surface area contributed by atoms with Gasteiger partial charge in [-0.15, -0.1) is 0 Å². The maximum absolute atomic E-state index is 5.75. The van der Waals surface area contributed by atoms with E-state index in [-0.39, 0.29) is 0 Å². The van der Waals surface area contributed by atoms with Crippen molar-refractivity contribution in [2.24, 2.45) is 0 Å². The molecule has 2 aromatic rings. The monoisotopic (exact) mass is 204 g/mol. The highest BCUT2D eigenvalue weighted by molar-refractivity contribution is 5.84. The van der Waals surface area contributed by atoms with Gasteiger partial charge in [0, 0.05) is 6.54 Å². The summed E-state index contributed by atoms with van der Waals surface area (Å²) in [6.07, 6.45) is 4.31. The van der Waals surface area contributed by atoms with Crippen LogP contribution >= 0.6 is 0 Å². The van der Waals surface area contributed by atoms with Gasteiger partial charge in [-0.05, 0) is 13.0 Å². The molecule has 0 bridgehead atoms. The normalized spacial score (nSPS) is 21.2. The van der Waals surface area contributed by atoms with E-state index in [4.69, 9.17) is 5.73 Å². The average Bonchev–Trinajstić information content (AvgIpc) is 2.85. The average molecular weight is 204 g/mol. The number of nitrogen functional groups attached to an aromatic ring is 1. The summed E-state index contributed by atoms with van der Waals surface area (Å²) in [7, 11) is 0. The van der Waals surface area contributed by atoms with Gasteiger partial charge in [-0.2, -0.15) is 5.10 Å². The Bertz CT molecular complexity index is 484. The highest BCUT2D eigenvalue weighted by Gasteiger charge is 2.20. The van der Waals surface area contributed by atoms with Crippen LogP contribution in [0.5, 0.6) is 0 Å². The lowest BCUT2D eigenvalue weighted by Gasteiger charge is -2.09. The molecule has 1 saturated heterocycles. The Hall–Kier alpha value is -1.69. The molecule has 1 unspecified atom stereocenters. The molecule has 78 valence electrons. The first-order chi connectivity index (χ1) is 7.36. The highest BCUT2D eigenvalue weighted by Crippen LogP contribution is 2.22. The summed E-state index contributed by atoms with van der Waals surface area (Å²) < 4.78 is 1.94. The molecule has 6 nitrogen and oxygen atoms in total. The number of nitrogens with one attached hydrogen (secondary N) is 1. The van der Waals surface area contributed by atoms with Crippen LogP contribution in [0, 0.1) is 0 Å². The second-order valence-corrected chi connectivity index (χ2v) is 3.73. The minimum atomic E-state index is 0.386. The Morgan fingerprint density at radius 2 is 2.40 bits per heavy atom. The number of nitrogens with zero attached hydrogens (tertiary/aromatic N) is 4. The zero-order valence-electron chi connectivity index (χ0n) is 8.22. The Kier molecular flexibility index (Phi) is 1.81. The number of nitrogens with two attached hydrogens (primary N) is 1. The molecule has 0 aromatic carbocycles. The van der Waals surface area contributed by atoms with E-state index in [0.717, 1.165) is 30.5 Å². The molecule has 6 heteroatoms. The molecule has 1 fully saturated rings. The fourth-order valence-corrected chi connectivity index (χ4v) is 2.00. The van der Waals surface area contributed by atoms with Gasteiger partial charge in [0.15, 0.2) is 5.65 Å². The van der Waals surface area contributed by atoms with Crippen molar-refractivity contribution in [3.05, 3.63) is 12.5 Å². The molecule has 0 spiro atoms. The van der Waals surface area contributed by atoms with E-state index >= 15 is 0 Å². The summed E-state index contributed by atoms with van der Waals surface area (Å²) in [6, 6.07) is 0.386. The number of rotatable bonds is 1. The molecule has 0 aliphatic carbocycles. The van der Waals surface area contributed by atoms with Gasteiger partial charge < -0.3 is 11.1 Å². The van der Waals surface area contributed by atoms with Crippen LogP contribution in [0.1, 0.15) is 12.5 Å². The van der Waals surface area contributed by atoms with Crippen molar-refractivity contribution in [2.75, 3.05) is 18.8 Å². The molecule has 3 heterocycles. The summed E-state index contributed by atoms with van der Waals surface area (Å²) in [5, 5.41) is 8.47. The minimum absolute atomic E-state index is 0.386. The van der Waals surface area contributed by atoms with Crippen LogP contribution in [0.3, 0.4) is 0 Å². The van der Waals surface area contributed by atoms with Gasteiger partial charge in [-0.1, -0.05) is 0 Å². The summed E-state index contributed by atoms with van der Waals surface area (Å²) in [4.78, 5) is 8.17. The molecule has 3 rings (SSSR count). The third-order valence-corrected chi connectivity index (χ3v) is 2.80. The van der Waals surface area contributed by atoms with Crippen LogP contribution in [-0.4, -0.2) is 32.8 Å². The zero-order chi connectivity index (χ0) is 10.3. The number of hydrogen-bond donors (Lipinski definition) is 2. The Morgan fingerprint density at radius 1 is 1.47 bits per heavy atom. The molecule has 1 aliphatic rings. The van der Waals surface area contributed by atoms with E-state index < -0.39 is 0 Å². The van der Waals surface area contributed by atoms with Crippen LogP contribution in [0.2, 0.25) is 0 Å². The predicted octanol–water partition coefficient (Wildman–Crippen LogP) is -0.0571. The van der Waals surface area contributed by atoms with Gasteiger partial charge in [0.2, 0.25) is 0 Å². The molecule has 0 amide bonds. The van der Waals surface area contributed by atoms with Gasteiger partial charge in [-0.25, -0.2) is 14.6 Å². The van der Waals surface area contributed by atoms with Crippen molar-refractivity contribution >= 4 is 16.9 Å². The number of fused-ring (bicyclic) bond motifs is 1. The van der Waals surface area contributed by atoms with Gasteiger partial charge in [0.25, 0.3) is 0 Å². The topological polar surface area (TPSA) is 81.7 Å². The van der Waals surface area contributed by atoms with E-state index in [9.17, 15) is 0 Å². The van der Waals surface area contributed by atoms with Crippen LogP contribution in [0.4, 0.5) is 5.82 Å². The van der Waals surface area contributed by atoms with Crippen molar-refractivity contribution in [1.82, 2.24) is 25.1 Å². The Labute approximate surface area is 86.5 Å². The van der Waals surface area contributed by atoms with Crippen molar-refractivity contribution in [2.45, 2.75) is 12.5 Å². The first-order valence-corrected chi connectivity index (χ1v) is 5.00. The Morgan fingerprint density at radius 3 is 3.20 bits per heavy atom. The fraction of sp³-hybridized carbons (Fsp3) is 0.444. The van der Waals surface area contributed by atoms with Gasteiger partial charge in [-0.3, -0.25) is 0 Å². The zero-order valence-corrected chi connectivity index (χ0v) is 8.22. The third-order valence-electron chi connectivity index (χ3n) is 2.80. The van der Waals surface area contributed by atoms with Crippen LogP contribution < -0.4 is 11.1 Å². The standard InChI is InChI=1S/C9H12N6/c10-8-7-4-14-15(6-1-2-11-3-6)9(7)13-5-12-8/h4-6,11H,1-3H2,(H2,10,12,13). The van der Waals surface area contributed by atoms with Crippen molar-refractivity contribution in [3.63, 3.8) is 0 Å². The molecule has 3 N–H and O–H groups in total. The second kappa shape index (κ2) is 3.16. The lowest BCUT2D eigenvalue weighted by Crippen LogP contribution is -2.14. The molecule has 1 atom stereocenters. The van der Waals surface area contributed by atoms with E-state index in [1.165, 1.54) is 6.33 Å². The summed E-state index contributed by atoms with van der Waals surface area (Å²) in [5.74, 6) is 0.497. The second-order valence-electron chi connectivity index (χ2n) is 3.73. The van der Waals surface area contributed by atoms with Gasteiger partial charge in [0.05, 0.1) is 17.6 Å². The molecule has 2 aromatic heterocycles. The summed E-state index contributed by atoms with van der Waals surface area (Å²) in [5.41, 5.74) is 6.58. The van der Waals surface area contributed by atoms with Crippen molar-refractivity contribution in [1.29, 1.82) is 0 Å². The molecular formula is C9H12N6. The molecule has 1 aliphatic heterocycles. The maximum Gasteiger partial charge on any atom is 0.163 e. The number of aromatic nitrogens is 4. The van der Waals surface area contributed by atoms with Crippen LogP contribution in [0.25, 0.3) is 11.0 Å². The van der Waals surface area contributed by atoms with Gasteiger partial charge in [0.1, 0.15) is 12.1 Å². The minimum Gasteiger partial charge on any atom is -0.383 e. The smallest absolute Gasteiger partial charge is 0.163 e. The first kappa shape index (κ1) is 8.60. The van der Waals surface area contributed by atoms with Crippen LogP contribution in [0.15, 0.2) is 12.5 Å². The largest absolute Gasteiger partial charge is 0.383 e. The SMILES string of the molecule is Nc1ncnc2c1cnn2C1CCNC1. The predicted molar refractivity (Wildman–Crippen MR) is 56.3 cm³/mol. The van der Waals surface area contributed by atoms with Crippen molar-refractivity contribution < 1.29 is 0 Å². The highest BCUT2D eigenvalue weighted by atomic mass is 15.3. The van der Waals surface area contributed by atoms with E-state index in [1.807, 2.05) is 4.68 Å². The molecular weight excluding hydrogens is 192 g/mol. The lowest BCUT2D eigenvalue weighted by molar-refractivity contribution is 0.503.